The highest BCUT2D eigenvalue weighted by atomic mass is 16.5. The largest absolute Gasteiger partial charge is 0.482 e. The van der Waals surface area contributed by atoms with Gasteiger partial charge in [0.2, 0.25) is 17.8 Å². The molecule has 8 nitrogen and oxygen atoms in total. The summed E-state index contributed by atoms with van der Waals surface area (Å²) in [4.78, 5) is 25.4. The standard InChI is InChI=1S/C19H20N6O2/c1-2-25-17-14(22-18(25)15-13(26)9-11-27-15)16(20)23-19(24-17)21-10-8-12-6-4-3-5-7-12/h3-7,9,11,15H,2,8,10H2,1H3,(H3,20,21,23,24). The summed E-state index contributed by atoms with van der Waals surface area (Å²) in [5.41, 5.74) is 8.39. The van der Waals surface area contributed by atoms with E-state index in [-0.39, 0.29) is 11.6 Å². The maximum atomic E-state index is 12.0. The molecule has 1 aliphatic rings. The van der Waals surface area contributed by atoms with Crippen LogP contribution in [-0.4, -0.2) is 31.8 Å². The molecule has 2 aromatic heterocycles. The number of nitrogens with two attached hydrogens (primary N) is 1. The summed E-state index contributed by atoms with van der Waals surface area (Å²) >= 11 is 0. The smallest absolute Gasteiger partial charge is 0.226 e. The molecule has 8 heteroatoms. The topological polar surface area (TPSA) is 108 Å². The van der Waals surface area contributed by atoms with E-state index in [4.69, 9.17) is 10.5 Å². The first kappa shape index (κ1) is 17.0. The molecule has 0 aliphatic carbocycles. The molecule has 0 amide bonds. The van der Waals surface area contributed by atoms with E-state index in [0.29, 0.717) is 36.0 Å². The molecule has 0 spiro atoms. The van der Waals surface area contributed by atoms with Gasteiger partial charge in [0, 0.05) is 19.2 Å². The lowest BCUT2D eigenvalue weighted by molar-refractivity contribution is -0.120. The van der Waals surface area contributed by atoms with Crippen LogP contribution in [0.15, 0.2) is 42.7 Å². The Bertz CT molecular complexity index is 1010. The SMILES string of the molecule is CCn1c(C2OC=CC2=O)nc2c(N)nc(NCCc3ccccc3)nc21. The third-order valence-corrected chi connectivity index (χ3v) is 4.45. The molecule has 0 radical (unpaired) electrons. The minimum absolute atomic E-state index is 0.146. The van der Waals surface area contributed by atoms with Crippen LogP contribution in [0.25, 0.3) is 11.2 Å². The van der Waals surface area contributed by atoms with Gasteiger partial charge < -0.3 is 20.4 Å². The molecule has 27 heavy (non-hydrogen) atoms. The lowest BCUT2D eigenvalue weighted by atomic mass is 10.1. The second-order valence-corrected chi connectivity index (χ2v) is 6.20. The zero-order valence-corrected chi connectivity index (χ0v) is 14.9. The number of ether oxygens (including phenoxy) is 1. The Labute approximate surface area is 156 Å². The minimum atomic E-state index is -0.756. The second-order valence-electron chi connectivity index (χ2n) is 6.20. The Hall–Kier alpha value is -3.42. The maximum Gasteiger partial charge on any atom is 0.226 e. The lowest BCUT2D eigenvalue weighted by Crippen LogP contribution is -2.14. The summed E-state index contributed by atoms with van der Waals surface area (Å²) in [6.07, 6.45) is 2.87. The number of aromatic nitrogens is 4. The van der Waals surface area contributed by atoms with Gasteiger partial charge >= 0.3 is 0 Å². The highest BCUT2D eigenvalue weighted by Gasteiger charge is 2.30. The van der Waals surface area contributed by atoms with Gasteiger partial charge in [0.25, 0.3) is 0 Å². The zero-order valence-electron chi connectivity index (χ0n) is 14.9. The predicted octanol–water partition coefficient (Wildman–Crippen LogP) is 2.24. The summed E-state index contributed by atoms with van der Waals surface area (Å²) in [6.45, 7) is 3.22. The third kappa shape index (κ3) is 3.21. The number of fused-ring (bicyclic) bond motifs is 1. The molecule has 1 aromatic carbocycles. The van der Waals surface area contributed by atoms with Crippen LogP contribution >= 0.6 is 0 Å². The van der Waals surface area contributed by atoms with E-state index in [1.807, 2.05) is 29.7 Å². The van der Waals surface area contributed by atoms with Gasteiger partial charge in [-0.05, 0) is 18.9 Å². The highest BCUT2D eigenvalue weighted by molar-refractivity contribution is 5.96. The molecule has 0 saturated heterocycles. The highest BCUT2D eigenvalue weighted by Crippen LogP contribution is 2.28. The number of nitrogen functional groups attached to an aromatic ring is 1. The van der Waals surface area contributed by atoms with Gasteiger partial charge in [-0.15, -0.1) is 0 Å². The van der Waals surface area contributed by atoms with Gasteiger partial charge in [0.15, 0.2) is 22.8 Å². The number of aryl methyl sites for hydroxylation is 1. The molecule has 1 aliphatic heterocycles. The van der Waals surface area contributed by atoms with Crippen molar-refractivity contribution in [1.82, 2.24) is 19.5 Å². The fraction of sp³-hybridized carbons (Fsp3) is 0.263. The first-order chi connectivity index (χ1) is 13.2. The number of imidazole rings is 1. The monoisotopic (exact) mass is 364 g/mol. The van der Waals surface area contributed by atoms with E-state index >= 15 is 0 Å². The number of anilines is 2. The molecule has 138 valence electrons. The van der Waals surface area contributed by atoms with Crippen molar-refractivity contribution >= 4 is 28.7 Å². The van der Waals surface area contributed by atoms with Crippen LogP contribution in [0.2, 0.25) is 0 Å². The van der Waals surface area contributed by atoms with Crippen LogP contribution in [0, 0.1) is 0 Å². The van der Waals surface area contributed by atoms with E-state index in [1.54, 1.807) is 0 Å². The summed E-state index contributed by atoms with van der Waals surface area (Å²) in [7, 11) is 0. The van der Waals surface area contributed by atoms with Crippen LogP contribution in [-0.2, 0) is 22.5 Å². The fourth-order valence-corrected chi connectivity index (χ4v) is 3.12. The van der Waals surface area contributed by atoms with E-state index in [0.717, 1.165) is 6.42 Å². The van der Waals surface area contributed by atoms with Gasteiger partial charge in [0.05, 0.1) is 6.26 Å². The van der Waals surface area contributed by atoms with Gasteiger partial charge in [-0.2, -0.15) is 9.97 Å². The second kappa shape index (κ2) is 7.06. The molecule has 1 unspecified atom stereocenters. The van der Waals surface area contributed by atoms with Gasteiger partial charge in [-0.1, -0.05) is 30.3 Å². The third-order valence-electron chi connectivity index (χ3n) is 4.45. The molecular weight excluding hydrogens is 344 g/mol. The normalized spacial score (nSPS) is 16.0. The van der Waals surface area contributed by atoms with Crippen LogP contribution in [0.5, 0.6) is 0 Å². The van der Waals surface area contributed by atoms with E-state index in [9.17, 15) is 4.79 Å². The summed E-state index contributed by atoms with van der Waals surface area (Å²) in [5, 5.41) is 3.21. The zero-order chi connectivity index (χ0) is 18.8. The molecule has 3 heterocycles. The number of benzene rings is 1. The van der Waals surface area contributed by atoms with Crippen molar-refractivity contribution in [1.29, 1.82) is 0 Å². The quantitative estimate of drug-likeness (QED) is 0.690. The molecule has 3 N–H and O–H groups in total. The molecule has 0 fully saturated rings. The number of rotatable bonds is 6. The Morgan fingerprint density at radius 2 is 2.04 bits per heavy atom. The number of carbonyl (C=O) groups excluding carboxylic acids is 1. The molecule has 1 atom stereocenters. The minimum Gasteiger partial charge on any atom is -0.482 e. The molecule has 3 aromatic rings. The van der Waals surface area contributed by atoms with Crippen LogP contribution in [0.4, 0.5) is 11.8 Å². The summed E-state index contributed by atoms with van der Waals surface area (Å²) in [6, 6.07) is 10.2. The first-order valence-electron chi connectivity index (χ1n) is 8.84. The number of hydrogen-bond donors (Lipinski definition) is 2. The lowest BCUT2D eigenvalue weighted by Gasteiger charge is -2.11. The van der Waals surface area contributed by atoms with E-state index in [1.165, 1.54) is 17.9 Å². The van der Waals surface area contributed by atoms with Crippen molar-refractivity contribution in [2.45, 2.75) is 26.0 Å². The first-order valence-corrected chi connectivity index (χ1v) is 8.84. The molecule has 0 bridgehead atoms. The van der Waals surface area contributed by atoms with Gasteiger partial charge in [-0.3, -0.25) is 4.79 Å². The Morgan fingerprint density at radius 1 is 1.22 bits per heavy atom. The van der Waals surface area contributed by atoms with E-state index < -0.39 is 6.10 Å². The Balaban J connectivity index is 1.61. The predicted molar refractivity (Wildman–Crippen MR) is 102 cm³/mol. The number of hydrogen-bond acceptors (Lipinski definition) is 7. The van der Waals surface area contributed by atoms with Gasteiger partial charge in [0.1, 0.15) is 0 Å². The Morgan fingerprint density at radius 3 is 2.74 bits per heavy atom. The number of nitrogens with one attached hydrogen (secondary N) is 1. The van der Waals surface area contributed by atoms with Crippen molar-refractivity contribution in [2.24, 2.45) is 0 Å². The molecule has 4 rings (SSSR count). The average molecular weight is 364 g/mol. The number of carbonyl (C=O) groups is 1. The molecular formula is C19H20N6O2. The Kier molecular flexibility index (Phi) is 4.45. The maximum absolute atomic E-state index is 12.0. The average Bonchev–Trinajstić information content (AvgIpc) is 3.25. The van der Waals surface area contributed by atoms with Crippen molar-refractivity contribution in [3.63, 3.8) is 0 Å². The van der Waals surface area contributed by atoms with Crippen LogP contribution in [0.3, 0.4) is 0 Å². The van der Waals surface area contributed by atoms with Crippen LogP contribution in [0.1, 0.15) is 24.4 Å². The number of nitrogens with zero attached hydrogens (tertiary/aromatic N) is 4. The summed E-state index contributed by atoms with van der Waals surface area (Å²) in [5.74, 6) is 1.06. The summed E-state index contributed by atoms with van der Waals surface area (Å²) < 4.78 is 7.23. The van der Waals surface area contributed by atoms with Crippen molar-refractivity contribution in [2.75, 3.05) is 17.6 Å². The van der Waals surface area contributed by atoms with Crippen molar-refractivity contribution < 1.29 is 9.53 Å². The number of ketones is 1. The van der Waals surface area contributed by atoms with Gasteiger partial charge in [-0.25, -0.2) is 4.98 Å². The van der Waals surface area contributed by atoms with Crippen molar-refractivity contribution in [3.8, 4) is 0 Å². The van der Waals surface area contributed by atoms with Crippen molar-refractivity contribution in [3.05, 3.63) is 54.1 Å². The van der Waals surface area contributed by atoms with E-state index in [2.05, 4.69) is 32.4 Å². The molecule has 0 saturated carbocycles. The fourth-order valence-electron chi connectivity index (χ4n) is 3.12. The van der Waals surface area contributed by atoms with Crippen LogP contribution < -0.4 is 11.1 Å².